The van der Waals surface area contributed by atoms with Gasteiger partial charge in [-0.15, -0.1) is 0 Å². The van der Waals surface area contributed by atoms with Crippen LogP contribution in [0.2, 0.25) is 0 Å². The van der Waals surface area contributed by atoms with Crippen LogP contribution in [0.25, 0.3) is 0 Å². The third-order valence-corrected chi connectivity index (χ3v) is 3.10. The second-order valence-electron chi connectivity index (χ2n) is 4.48. The number of alkyl halides is 3. The number of hydrogen-bond donors (Lipinski definition) is 0. The van der Waals surface area contributed by atoms with E-state index in [1.807, 2.05) is 0 Å². The molecule has 0 aromatic rings. The van der Waals surface area contributed by atoms with Gasteiger partial charge in [0.2, 0.25) is 6.04 Å². The Morgan fingerprint density at radius 3 is 2.56 bits per heavy atom. The Hall–Kier alpha value is -0.890. The quantitative estimate of drug-likeness (QED) is 0.438. The van der Waals surface area contributed by atoms with Crippen LogP contribution in [0.4, 0.5) is 13.2 Å². The van der Waals surface area contributed by atoms with Gasteiger partial charge in [0, 0.05) is 11.3 Å². The minimum absolute atomic E-state index is 0.382. The SMILES string of the molecule is CC(OOCC(F)(F)F)C1CCCCC1[N+](=O)[O-]. The standard InChI is InChI=1S/C10H16F3NO4/c1-7(18-17-6-10(11,12)13)8-4-2-3-5-9(8)14(15)16/h7-9H,2-6H2,1H3. The number of rotatable bonds is 5. The highest BCUT2D eigenvalue weighted by Crippen LogP contribution is 2.30. The van der Waals surface area contributed by atoms with Crippen LogP contribution in [0.3, 0.4) is 0 Å². The average Bonchev–Trinajstić information content (AvgIpc) is 2.27. The highest BCUT2D eigenvalue weighted by atomic mass is 19.4. The Labute approximate surface area is 102 Å². The van der Waals surface area contributed by atoms with Crippen molar-refractivity contribution in [2.45, 2.75) is 50.9 Å². The molecule has 3 atom stereocenters. The minimum Gasteiger partial charge on any atom is -0.264 e. The molecule has 0 radical (unpaired) electrons. The number of nitro groups is 1. The molecule has 1 fully saturated rings. The molecule has 0 aromatic heterocycles. The van der Waals surface area contributed by atoms with Crippen molar-refractivity contribution in [2.24, 2.45) is 5.92 Å². The van der Waals surface area contributed by atoms with Crippen LogP contribution in [0, 0.1) is 16.0 Å². The monoisotopic (exact) mass is 271 g/mol. The largest absolute Gasteiger partial charge is 0.414 e. The number of nitrogens with zero attached hydrogens (tertiary/aromatic N) is 1. The number of halogens is 3. The summed E-state index contributed by atoms with van der Waals surface area (Å²) in [6, 6.07) is -0.761. The summed E-state index contributed by atoms with van der Waals surface area (Å²) >= 11 is 0. The van der Waals surface area contributed by atoms with E-state index in [4.69, 9.17) is 0 Å². The normalized spacial score (nSPS) is 26.9. The Balaban J connectivity index is 2.43. The van der Waals surface area contributed by atoms with Crippen molar-refractivity contribution in [1.29, 1.82) is 0 Å². The predicted molar refractivity (Wildman–Crippen MR) is 55.3 cm³/mol. The first-order valence-electron chi connectivity index (χ1n) is 5.80. The van der Waals surface area contributed by atoms with Gasteiger partial charge in [-0.05, 0) is 19.8 Å². The molecule has 0 N–H and O–H groups in total. The van der Waals surface area contributed by atoms with Gasteiger partial charge in [0.15, 0.2) is 6.61 Å². The molecule has 18 heavy (non-hydrogen) atoms. The Bertz CT molecular complexity index is 285. The first-order valence-corrected chi connectivity index (χ1v) is 5.80. The molecule has 3 unspecified atom stereocenters. The number of hydrogen-bond acceptors (Lipinski definition) is 4. The summed E-state index contributed by atoms with van der Waals surface area (Å²) in [4.78, 5) is 19.2. The highest BCUT2D eigenvalue weighted by Gasteiger charge is 2.39. The van der Waals surface area contributed by atoms with Crippen molar-refractivity contribution >= 4 is 0 Å². The summed E-state index contributed by atoms with van der Waals surface area (Å²) in [6.45, 7) is -0.00392. The lowest BCUT2D eigenvalue weighted by Gasteiger charge is -2.29. The van der Waals surface area contributed by atoms with Crippen LogP contribution in [0.1, 0.15) is 32.6 Å². The van der Waals surface area contributed by atoms with Gasteiger partial charge in [-0.2, -0.15) is 13.2 Å². The third kappa shape index (κ3) is 4.77. The van der Waals surface area contributed by atoms with E-state index in [0.29, 0.717) is 12.8 Å². The summed E-state index contributed by atoms with van der Waals surface area (Å²) in [5.74, 6) is -0.401. The van der Waals surface area contributed by atoms with Crippen LogP contribution in [-0.2, 0) is 9.78 Å². The van der Waals surface area contributed by atoms with Gasteiger partial charge in [-0.1, -0.05) is 6.42 Å². The summed E-state index contributed by atoms with van der Waals surface area (Å²) in [5.41, 5.74) is 0. The van der Waals surface area contributed by atoms with E-state index in [2.05, 4.69) is 9.78 Å². The van der Waals surface area contributed by atoms with Crippen molar-refractivity contribution in [3.05, 3.63) is 10.1 Å². The van der Waals surface area contributed by atoms with Crippen LogP contribution in [0.15, 0.2) is 0 Å². The molecule has 1 rings (SSSR count). The first-order chi connectivity index (χ1) is 8.31. The molecule has 0 heterocycles. The first kappa shape index (κ1) is 15.2. The second-order valence-corrected chi connectivity index (χ2v) is 4.48. The summed E-state index contributed by atoms with van der Waals surface area (Å²) in [5, 5.41) is 10.8. The van der Waals surface area contributed by atoms with Crippen molar-refractivity contribution in [3.63, 3.8) is 0 Å². The van der Waals surface area contributed by atoms with E-state index in [0.717, 1.165) is 12.8 Å². The molecule has 0 aromatic carbocycles. The van der Waals surface area contributed by atoms with Crippen molar-refractivity contribution in [1.82, 2.24) is 0 Å². The second kappa shape index (κ2) is 6.33. The molecule has 1 aliphatic carbocycles. The van der Waals surface area contributed by atoms with E-state index in [-0.39, 0.29) is 4.92 Å². The van der Waals surface area contributed by atoms with Crippen molar-refractivity contribution in [2.75, 3.05) is 6.61 Å². The lowest BCUT2D eigenvalue weighted by molar-refractivity contribution is -0.541. The molecule has 5 nitrogen and oxygen atoms in total. The summed E-state index contributed by atoms with van der Waals surface area (Å²) in [6.07, 6.45) is -2.59. The third-order valence-electron chi connectivity index (χ3n) is 3.10. The maximum Gasteiger partial charge on any atom is 0.414 e. The molecule has 0 spiro atoms. The fourth-order valence-electron chi connectivity index (χ4n) is 2.23. The Morgan fingerprint density at radius 1 is 1.39 bits per heavy atom. The Morgan fingerprint density at radius 2 is 2.00 bits per heavy atom. The molecule has 0 bridgehead atoms. The molecular formula is C10H16F3NO4. The molecule has 8 heteroatoms. The predicted octanol–water partition coefficient (Wildman–Crippen LogP) is 2.72. The van der Waals surface area contributed by atoms with E-state index >= 15 is 0 Å². The lowest BCUT2D eigenvalue weighted by atomic mass is 9.82. The zero-order valence-electron chi connectivity index (χ0n) is 9.98. The van der Waals surface area contributed by atoms with E-state index in [1.54, 1.807) is 0 Å². The van der Waals surface area contributed by atoms with Gasteiger partial charge in [-0.25, -0.2) is 9.78 Å². The topological polar surface area (TPSA) is 61.6 Å². The van der Waals surface area contributed by atoms with E-state index < -0.39 is 30.8 Å². The van der Waals surface area contributed by atoms with Crippen LogP contribution in [-0.4, -0.2) is 29.9 Å². The average molecular weight is 271 g/mol. The van der Waals surface area contributed by atoms with Gasteiger partial charge in [0.05, 0.1) is 12.0 Å². The van der Waals surface area contributed by atoms with Crippen molar-refractivity contribution < 1.29 is 27.9 Å². The fourth-order valence-corrected chi connectivity index (χ4v) is 2.23. The molecule has 1 aliphatic rings. The van der Waals surface area contributed by atoms with Gasteiger partial charge in [0.25, 0.3) is 0 Å². The van der Waals surface area contributed by atoms with Gasteiger partial charge < -0.3 is 0 Å². The van der Waals surface area contributed by atoms with Crippen molar-refractivity contribution in [3.8, 4) is 0 Å². The maximum atomic E-state index is 11.8. The highest BCUT2D eigenvalue weighted by molar-refractivity contribution is 4.79. The minimum atomic E-state index is -4.46. The van der Waals surface area contributed by atoms with Crippen LogP contribution in [0.5, 0.6) is 0 Å². The molecule has 0 saturated heterocycles. The fraction of sp³-hybridized carbons (Fsp3) is 1.00. The van der Waals surface area contributed by atoms with Crippen LogP contribution >= 0.6 is 0 Å². The Kier molecular flexibility index (Phi) is 5.33. The molecule has 0 amide bonds. The summed E-state index contributed by atoms with van der Waals surface area (Å²) < 4.78 is 35.5. The van der Waals surface area contributed by atoms with E-state index in [9.17, 15) is 23.3 Å². The van der Waals surface area contributed by atoms with Gasteiger partial charge in [0.1, 0.15) is 0 Å². The van der Waals surface area contributed by atoms with Gasteiger partial charge >= 0.3 is 6.18 Å². The smallest absolute Gasteiger partial charge is 0.264 e. The molecule has 106 valence electrons. The zero-order valence-corrected chi connectivity index (χ0v) is 9.98. The lowest BCUT2D eigenvalue weighted by Crippen LogP contribution is -2.39. The maximum absolute atomic E-state index is 11.8. The molecular weight excluding hydrogens is 255 g/mol. The van der Waals surface area contributed by atoms with E-state index in [1.165, 1.54) is 6.92 Å². The summed E-state index contributed by atoms with van der Waals surface area (Å²) in [7, 11) is 0. The molecule has 1 saturated carbocycles. The van der Waals surface area contributed by atoms with Gasteiger partial charge in [-0.3, -0.25) is 10.1 Å². The molecule has 0 aliphatic heterocycles. The van der Waals surface area contributed by atoms with Crippen LogP contribution < -0.4 is 0 Å². The zero-order chi connectivity index (χ0) is 13.8.